The van der Waals surface area contributed by atoms with Gasteiger partial charge in [0.05, 0.1) is 12.6 Å². The summed E-state index contributed by atoms with van der Waals surface area (Å²) in [5.74, 6) is 0.841. The summed E-state index contributed by atoms with van der Waals surface area (Å²) in [6, 6.07) is 12.4. The number of amides is 1. The third-order valence-corrected chi connectivity index (χ3v) is 6.26. The number of hydrogen-bond acceptors (Lipinski definition) is 4. The van der Waals surface area contributed by atoms with Crippen molar-refractivity contribution < 1.29 is 4.79 Å². The molecule has 3 rings (SSSR count). The number of nitrogens with zero attached hydrogens (tertiary/aromatic N) is 3. The van der Waals surface area contributed by atoms with E-state index in [2.05, 4.69) is 40.0 Å². The molecule has 1 aliphatic heterocycles. The topological polar surface area (TPSA) is 60.0 Å². The molecule has 1 unspecified atom stereocenters. The van der Waals surface area contributed by atoms with Crippen molar-refractivity contribution in [1.82, 2.24) is 20.4 Å². The zero-order valence-electron chi connectivity index (χ0n) is 18.6. The maximum Gasteiger partial charge on any atom is 0.253 e. The van der Waals surface area contributed by atoms with Crippen molar-refractivity contribution in [3.05, 3.63) is 57.8 Å². The van der Waals surface area contributed by atoms with Crippen LogP contribution in [-0.2, 0) is 6.54 Å². The van der Waals surface area contributed by atoms with Crippen LogP contribution in [0.3, 0.4) is 0 Å². The predicted octanol–water partition coefficient (Wildman–Crippen LogP) is 3.96. The van der Waals surface area contributed by atoms with Crippen LogP contribution in [0.4, 0.5) is 0 Å². The number of nitrogens with one attached hydrogen (secondary N) is 2. The summed E-state index contributed by atoms with van der Waals surface area (Å²) in [6.07, 6.45) is 2.56. The van der Waals surface area contributed by atoms with Crippen LogP contribution in [0.15, 0.2) is 46.8 Å². The molecule has 0 spiro atoms. The van der Waals surface area contributed by atoms with E-state index in [9.17, 15) is 4.79 Å². The van der Waals surface area contributed by atoms with Gasteiger partial charge in [0.15, 0.2) is 5.96 Å². The summed E-state index contributed by atoms with van der Waals surface area (Å²) in [5.41, 5.74) is 1.78. The van der Waals surface area contributed by atoms with E-state index in [0.717, 1.165) is 37.7 Å². The molecule has 2 N–H and O–H groups in total. The number of halogens is 1. The monoisotopic (exact) mass is 555 g/mol. The zero-order chi connectivity index (χ0) is 21.3. The molecule has 1 fully saturated rings. The lowest BCUT2D eigenvalue weighted by molar-refractivity contribution is 0.0827. The minimum atomic E-state index is 0. The third-order valence-electron chi connectivity index (χ3n) is 5.29. The highest BCUT2D eigenvalue weighted by molar-refractivity contribution is 14.0. The quantitative estimate of drug-likeness (QED) is 0.294. The molecular formula is C23H34IN5OS. The van der Waals surface area contributed by atoms with E-state index in [1.54, 1.807) is 19.0 Å². The number of carbonyl (C=O) groups excluding carboxylic acids is 1. The van der Waals surface area contributed by atoms with E-state index in [1.165, 1.54) is 17.7 Å². The highest BCUT2D eigenvalue weighted by atomic mass is 127. The number of aliphatic imine (C=N–C) groups is 1. The molecule has 31 heavy (non-hydrogen) atoms. The van der Waals surface area contributed by atoms with E-state index in [0.29, 0.717) is 18.2 Å². The number of hydrogen-bond donors (Lipinski definition) is 2. The minimum absolute atomic E-state index is 0. The maximum absolute atomic E-state index is 12.0. The Morgan fingerprint density at radius 1 is 1.16 bits per heavy atom. The van der Waals surface area contributed by atoms with E-state index >= 15 is 0 Å². The van der Waals surface area contributed by atoms with Gasteiger partial charge in [-0.1, -0.05) is 18.2 Å². The van der Waals surface area contributed by atoms with E-state index < -0.39 is 0 Å². The molecule has 0 saturated carbocycles. The molecule has 1 amide bonds. The first-order valence-electron chi connectivity index (χ1n) is 10.7. The summed E-state index contributed by atoms with van der Waals surface area (Å²) in [5, 5.41) is 9.05. The Labute approximate surface area is 207 Å². The lowest BCUT2D eigenvalue weighted by Gasteiger charge is -2.27. The Hall–Kier alpha value is -1.65. The average molecular weight is 556 g/mol. The van der Waals surface area contributed by atoms with Crippen molar-refractivity contribution in [3.63, 3.8) is 0 Å². The second-order valence-electron chi connectivity index (χ2n) is 7.75. The van der Waals surface area contributed by atoms with Crippen LogP contribution in [0.5, 0.6) is 0 Å². The molecule has 1 atom stereocenters. The van der Waals surface area contributed by atoms with Gasteiger partial charge in [-0.15, -0.1) is 35.3 Å². The van der Waals surface area contributed by atoms with Gasteiger partial charge in [-0.3, -0.25) is 9.69 Å². The second-order valence-corrected chi connectivity index (χ2v) is 8.73. The van der Waals surface area contributed by atoms with Crippen LogP contribution in [0.1, 0.15) is 46.6 Å². The van der Waals surface area contributed by atoms with Gasteiger partial charge < -0.3 is 15.5 Å². The van der Waals surface area contributed by atoms with Gasteiger partial charge in [0.2, 0.25) is 0 Å². The second kappa shape index (κ2) is 13.0. The number of likely N-dealkylation sites (tertiary alicyclic amines) is 1. The highest BCUT2D eigenvalue weighted by Crippen LogP contribution is 2.27. The predicted molar refractivity (Wildman–Crippen MR) is 141 cm³/mol. The summed E-state index contributed by atoms with van der Waals surface area (Å²) >= 11 is 1.83. The van der Waals surface area contributed by atoms with Crippen LogP contribution >= 0.6 is 35.3 Å². The molecular weight excluding hydrogens is 521 g/mol. The Bertz CT molecular complexity index is 817. The molecule has 0 bridgehead atoms. The Balaban J connectivity index is 0.00000341. The van der Waals surface area contributed by atoms with Crippen LogP contribution in [0, 0.1) is 0 Å². The molecule has 6 nitrogen and oxygen atoms in total. The normalized spacial score (nSPS) is 15.3. The summed E-state index contributed by atoms with van der Waals surface area (Å²) in [4.78, 5) is 22.4. The number of guanidine groups is 1. The summed E-state index contributed by atoms with van der Waals surface area (Å²) in [7, 11) is 3.53. The molecule has 0 radical (unpaired) electrons. The fraction of sp³-hybridized carbons (Fsp3) is 0.478. The zero-order valence-corrected chi connectivity index (χ0v) is 21.8. The van der Waals surface area contributed by atoms with Gasteiger partial charge in [-0.05, 0) is 62.0 Å². The molecule has 170 valence electrons. The van der Waals surface area contributed by atoms with Crippen LogP contribution in [0.2, 0.25) is 0 Å². The van der Waals surface area contributed by atoms with Gasteiger partial charge in [0.25, 0.3) is 5.91 Å². The lowest BCUT2D eigenvalue weighted by Crippen LogP contribution is -2.42. The van der Waals surface area contributed by atoms with Crippen LogP contribution in [0.25, 0.3) is 0 Å². The molecule has 8 heteroatoms. The molecule has 2 heterocycles. The van der Waals surface area contributed by atoms with Gasteiger partial charge in [-0.2, -0.15) is 0 Å². The molecule has 2 aromatic rings. The molecule has 1 aromatic heterocycles. The van der Waals surface area contributed by atoms with Crippen molar-refractivity contribution in [2.75, 3.05) is 40.3 Å². The van der Waals surface area contributed by atoms with Crippen molar-refractivity contribution in [2.45, 2.75) is 32.4 Å². The van der Waals surface area contributed by atoms with Gasteiger partial charge in [-0.25, -0.2) is 4.99 Å². The first-order valence-corrected chi connectivity index (χ1v) is 11.6. The number of carbonyl (C=O) groups is 1. The fourth-order valence-corrected chi connectivity index (χ4v) is 4.52. The Morgan fingerprint density at radius 2 is 1.87 bits per heavy atom. The lowest BCUT2D eigenvalue weighted by atomic mass is 10.1. The van der Waals surface area contributed by atoms with E-state index in [-0.39, 0.29) is 29.9 Å². The van der Waals surface area contributed by atoms with Crippen molar-refractivity contribution in [2.24, 2.45) is 4.99 Å². The van der Waals surface area contributed by atoms with Crippen LogP contribution in [-0.4, -0.2) is 61.9 Å². The first kappa shape index (κ1) is 25.6. The van der Waals surface area contributed by atoms with Gasteiger partial charge in [0.1, 0.15) is 0 Å². The van der Waals surface area contributed by atoms with Crippen molar-refractivity contribution >= 4 is 47.2 Å². The van der Waals surface area contributed by atoms with Gasteiger partial charge in [0, 0.05) is 37.6 Å². The third kappa shape index (κ3) is 7.47. The fourth-order valence-electron chi connectivity index (χ4n) is 3.66. The Kier molecular flexibility index (Phi) is 10.8. The molecule has 1 aliphatic rings. The maximum atomic E-state index is 12.0. The summed E-state index contributed by atoms with van der Waals surface area (Å²) < 4.78 is 0. The molecule has 0 aliphatic carbocycles. The first-order chi connectivity index (χ1) is 14.6. The SMILES string of the molecule is CCNC(=NCc1ccc(C(=O)N(C)C)cc1)NCC(c1cccs1)N1CCCC1.I. The summed E-state index contributed by atoms with van der Waals surface area (Å²) in [6.45, 7) is 6.62. The largest absolute Gasteiger partial charge is 0.357 e. The van der Waals surface area contributed by atoms with E-state index in [1.807, 2.05) is 35.6 Å². The van der Waals surface area contributed by atoms with Gasteiger partial charge >= 0.3 is 0 Å². The smallest absolute Gasteiger partial charge is 0.253 e. The Morgan fingerprint density at radius 3 is 2.45 bits per heavy atom. The number of benzene rings is 1. The van der Waals surface area contributed by atoms with Crippen molar-refractivity contribution in [1.29, 1.82) is 0 Å². The highest BCUT2D eigenvalue weighted by Gasteiger charge is 2.24. The van der Waals surface area contributed by atoms with Crippen LogP contribution < -0.4 is 10.6 Å². The van der Waals surface area contributed by atoms with Crippen molar-refractivity contribution in [3.8, 4) is 0 Å². The number of thiophene rings is 1. The van der Waals surface area contributed by atoms with E-state index in [4.69, 9.17) is 4.99 Å². The minimum Gasteiger partial charge on any atom is -0.357 e. The number of rotatable bonds is 8. The molecule has 1 aromatic carbocycles. The molecule has 1 saturated heterocycles. The average Bonchev–Trinajstić information content (AvgIpc) is 3.47. The standard InChI is InChI=1S/C23H33N5OS.HI/c1-4-24-23(25-16-18-9-11-19(12-10-18)22(29)27(2)3)26-17-20(21-8-7-15-30-21)28-13-5-6-14-28;/h7-12,15,20H,4-6,13-14,16-17H2,1-3H3,(H2,24,25,26);1H.